The van der Waals surface area contributed by atoms with Gasteiger partial charge < -0.3 is 10.1 Å². The maximum atomic E-state index is 12.7. The summed E-state index contributed by atoms with van der Waals surface area (Å²) in [6.07, 6.45) is -0.227. The Balaban J connectivity index is 2.13. The number of ether oxygens (including phenoxy) is 1. The molecule has 2 atom stereocenters. The van der Waals surface area contributed by atoms with Gasteiger partial charge in [-0.15, -0.1) is 0 Å². The van der Waals surface area contributed by atoms with Crippen molar-refractivity contribution in [3.05, 3.63) is 29.8 Å². The molecule has 2 unspecified atom stereocenters. The van der Waals surface area contributed by atoms with Crippen molar-refractivity contribution in [1.29, 1.82) is 0 Å². The van der Waals surface area contributed by atoms with Crippen LogP contribution in [0.2, 0.25) is 0 Å². The van der Waals surface area contributed by atoms with Crippen LogP contribution in [0.15, 0.2) is 29.2 Å². The summed E-state index contributed by atoms with van der Waals surface area (Å²) in [5.41, 5.74) is 0.859. The van der Waals surface area contributed by atoms with E-state index in [4.69, 9.17) is 4.74 Å². The SMILES string of the molecule is CC(=O)NCc1ccc(S(=O)(=O)N2CC(C)OC(C)C2)cc1. The van der Waals surface area contributed by atoms with Crippen LogP contribution in [-0.2, 0) is 26.1 Å². The molecule has 6 nitrogen and oxygen atoms in total. The molecule has 1 fully saturated rings. The summed E-state index contributed by atoms with van der Waals surface area (Å²) in [7, 11) is -3.51. The highest BCUT2D eigenvalue weighted by atomic mass is 32.2. The fourth-order valence-electron chi connectivity index (χ4n) is 2.48. The molecule has 1 heterocycles. The van der Waals surface area contributed by atoms with Crippen molar-refractivity contribution in [1.82, 2.24) is 9.62 Å². The number of nitrogens with one attached hydrogen (secondary N) is 1. The molecule has 22 heavy (non-hydrogen) atoms. The third-order valence-corrected chi connectivity index (χ3v) is 5.33. The van der Waals surface area contributed by atoms with Gasteiger partial charge in [-0.05, 0) is 31.5 Å². The molecule has 0 radical (unpaired) electrons. The largest absolute Gasteiger partial charge is 0.373 e. The van der Waals surface area contributed by atoms with Crippen molar-refractivity contribution in [3.8, 4) is 0 Å². The van der Waals surface area contributed by atoms with E-state index < -0.39 is 10.0 Å². The lowest BCUT2D eigenvalue weighted by Gasteiger charge is -2.34. The van der Waals surface area contributed by atoms with Gasteiger partial charge in [0.2, 0.25) is 15.9 Å². The molecule has 0 aliphatic carbocycles. The summed E-state index contributed by atoms with van der Waals surface area (Å²) in [6.45, 7) is 6.30. The van der Waals surface area contributed by atoms with E-state index in [2.05, 4.69) is 5.32 Å². The van der Waals surface area contributed by atoms with Crippen LogP contribution in [0.3, 0.4) is 0 Å². The fourth-order valence-corrected chi connectivity index (χ4v) is 4.07. The Morgan fingerprint density at radius 2 is 1.77 bits per heavy atom. The lowest BCUT2D eigenvalue weighted by atomic mass is 10.2. The first-order chi connectivity index (χ1) is 10.3. The van der Waals surface area contributed by atoms with Crippen LogP contribution in [0.5, 0.6) is 0 Å². The zero-order valence-corrected chi connectivity index (χ0v) is 13.9. The van der Waals surface area contributed by atoms with Gasteiger partial charge in [0.1, 0.15) is 0 Å². The maximum Gasteiger partial charge on any atom is 0.243 e. The first-order valence-electron chi connectivity index (χ1n) is 7.28. The predicted molar refractivity (Wildman–Crippen MR) is 82.7 cm³/mol. The first kappa shape index (κ1) is 16.9. The van der Waals surface area contributed by atoms with E-state index in [0.29, 0.717) is 19.6 Å². The minimum Gasteiger partial charge on any atom is -0.373 e. The van der Waals surface area contributed by atoms with Crippen LogP contribution < -0.4 is 5.32 Å². The van der Waals surface area contributed by atoms with E-state index in [0.717, 1.165) is 5.56 Å². The van der Waals surface area contributed by atoms with Crippen LogP contribution in [0.1, 0.15) is 26.3 Å². The number of amides is 1. The summed E-state index contributed by atoms with van der Waals surface area (Å²) in [6, 6.07) is 6.60. The number of rotatable bonds is 4. The average Bonchev–Trinajstić information content (AvgIpc) is 2.44. The number of hydrogen-bond donors (Lipinski definition) is 1. The Hall–Kier alpha value is -1.44. The van der Waals surface area contributed by atoms with Gasteiger partial charge in [-0.25, -0.2) is 8.42 Å². The van der Waals surface area contributed by atoms with Crippen molar-refractivity contribution in [3.63, 3.8) is 0 Å². The van der Waals surface area contributed by atoms with Gasteiger partial charge in [0.25, 0.3) is 0 Å². The van der Waals surface area contributed by atoms with E-state index >= 15 is 0 Å². The predicted octanol–water partition coefficient (Wildman–Crippen LogP) is 1.12. The third kappa shape index (κ3) is 4.06. The second kappa shape index (κ2) is 6.76. The highest BCUT2D eigenvalue weighted by Gasteiger charge is 2.32. The molecule has 7 heteroatoms. The molecule has 1 aliphatic rings. The fraction of sp³-hybridized carbons (Fsp3) is 0.533. The molecule has 2 rings (SSSR count). The van der Waals surface area contributed by atoms with Crippen LogP contribution in [0, 0.1) is 0 Å². The highest BCUT2D eigenvalue weighted by Crippen LogP contribution is 2.21. The summed E-state index contributed by atoms with van der Waals surface area (Å²) in [5, 5.41) is 2.68. The second-order valence-corrected chi connectivity index (χ2v) is 7.57. The van der Waals surface area contributed by atoms with E-state index in [1.54, 1.807) is 24.3 Å². The zero-order chi connectivity index (χ0) is 16.3. The van der Waals surface area contributed by atoms with Crippen LogP contribution >= 0.6 is 0 Å². The quantitative estimate of drug-likeness (QED) is 0.900. The topological polar surface area (TPSA) is 75.7 Å². The summed E-state index contributed by atoms with van der Waals surface area (Å²) in [4.78, 5) is 11.1. The number of carbonyl (C=O) groups excluding carboxylic acids is 1. The summed E-state index contributed by atoms with van der Waals surface area (Å²) in [5.74, 6) is -0.118. The third-order valence-electron chi connectivity index (χ3n) is 3.49. The van der Waals surface area contributed by atoms with Crippen molar-refractivity contribution in [2.45, 2.75) is 44.4 Å². The highest BCUT2D eigenvalue weighted by molar-refractivity contribution is 7.89. The van der Waals surface area contributed by atoms with Crippen LogP contribution in [-0.4, -0.2) is 43.9 Å². The average molecular weight is 326 g/mol. The molecule has 0 aromatic heterocycles. The minimum absolute atomic E-state index is 0.113. The lowest BCUT2D eigenvalue weighted by Crippen LogP contribution is -2.48. The normalized spacial score (nSPS) is 23.2. The minimum atomic E-state index is -3.51. The molecule has 1 aromatic rings. The van der Waals surface area contributed by atoms with Gasteiger partial charge in [-0.3, -0.25) is 4.79 Å². The molecular weight excluding hydrogens is 304 g/mol. The zero-order valence-electron chi connectivity index (χ0n) is 13.1. The summed E-state index contributed by atoms with van der Waals surface area (Å²) >= 11 is 0. The number of hydrogen-bond acceptors (Lipinski definition) is 4. The number of sulfonamides is 1. The maximum absolute atomic E-state index is 12.7. The van der Waals surface area contributed by atoms with Gasteiger partial charge in [0, 0.05) is 26.6 Å². The van der Waals surface area contributed by atoms with Gasteiger partial charge in [-0.1, -0.05) is 12.1 Å². The molecule has 1 N–H and O–H groups in total. The van der Waals surface area contributed by atoms with Crippen molar-refractivity contribution in [2.75, 3.05) is 13.1 Å². The molecule has 1 aliphatic heterocycles. The first-order valence-corrected chi connectivity index (χ1v) is 8.72. The summed E-state index contributed by atoms with van der Waals surface area (Å²) < 4.78 is 32.4. The van der Waals surface area contributed by atoms with Crippen LogP contribution in [0.25, 0.3) is 0 Å². The smallest absolute Gasteiger partial charge is 0.243 e. The molecule has 1 aromatic carbocycles. The van der Waals surface area contributed by atoms with Gasteiger partial charge in [0.15, 0.2) is 0 Å². The van der Waals surface area contributed by atoms with Gasteiger partial charge in [0.05, 0.1) is 17.1 Å². The van der Waals surface area contributed by atoms with Crippen molar-refractivity contribution < 1.29 is 17.9 Å². The number of benzene rings is 1. The van der Waals surface area contributed by atoms with E-state index in [-0.39, 0.29) is 23.0 Å². The Bertz CT molecular complexity index is 617. The molecule has 0 spiro atoms. The molecule has 1 saturated heterocycles. The van der Waals surface area contributed by atoms with Crippen LogP contribution in [0.4, 0.5) is 0 Å². The number of morpholine rings is 1. The Morgan fingerprint density at radius 3 is 2.27 bits per heavy atom. The number of carbonyl (C=O) groups is 1. The Morgan fingerprint density at radius 1 is 1.23 bits per heavy atom. The van der Waals surface area contributed by atoms with E-state index in [1.807, 2.05) is 13.8 Å². The number of nitrogens with zero attached hydrogens (tertiary/aromatic N) is 1. The monoisotopic (exact) mass is 326 g/mol. The van der Waals surface area contributed by atoms with E-state index in [9.17, 15) is 13.2 Å². The Kier molecular flexibility index (Phi) is 5.20. The standard InChI is InChI=1S/C15H22N2O4S/c1-11-9-17(10-12(2)21-11)22(19,20)15-6-4-14(5-7-15)8-16-13(3)18/h4-7,11-12H,8-10H2,1-3H3,(H,16,18). The Labute approximate surface area is 131 Å². The molecule has 1 amide bonds. The molecule has 0 saturated carbocycles. The van der Waals surface area contributed by atoms with E-state index in [1.165, 1.54) is 11.2 Å². The molecular formula is C15H22N2O4S. The van der Waals surface area contributed by atoms with Gasteiger partial charge >= 0.3 is 0 Å². The van der Waals surface area contributed by atoms with Crippen molar-refractivity contribution in [2.24, 2.45) is 0 Å². The lowest BCUT2D eigenvalue weighted by molar-refractivity contribution is -0.119. The van der Waals surface area contributed by atoms with Crippen molar-refractivity contribution >= 4 is 15.9 Å². The molecule has 122 valence electrons. The molecule has 0 bridgehead atoms. The second-order valence-electron chi connectivity index (χ2n) is 5.63. The van der Waals surface area contributed by atoms with Gasteiger partial charge in [-0.2, -0.15) is 4.31 Å².